The van der Waals surface area contributed by atoms with Gasteiger partial charge in [0, 0.05) is 0 Å². The number of aliphatic hydroxyl groups excluding tert-OH is 1. The second kappa shape index (κ2) is 11.1. The SMILES string of the molecule is C=C(C(=C)C(=O)OCC(CC)CCCC)C(=O)OCCO. The van der Waals surface area contributed by atoms with Crippen molar-refractivity contribution in [1.82, 2.24) is 0 Å². The Kier molecular flexibility index (Phi) is 10.2. The van der Waals surface area contributed by atoms with Gasteiger partial charge in [-0.2, -0.15) is 0 Å². The van der Waals surface area contributed by atoms with E-state index >= 15 is 0 Å². The van der Waals surface area contributed by atoms with Crippen molar-refractivity contribution in [2.75, 3.05) is 19.8 Å². The van der Waals surface area contributed by atoms with Gasteiger partial charge in [-0.3, -0.25) is 0 Å². The Morgan fingerprint density at radius 3 is 2.14 bits per heavy atom. The lowest BCUT2D eigenvalue weighted by atomic mass is 10.0. The third-order valence-corrected chi connectivity index (χ3v) is 3.17. The number of aliphatic hydroxyl groups is 1. The Labute approximate surface area is 126 Å². The fourth-order valence-electron chi connectivity index (χ4n) is 1.65. The Bertz CT molecular complexity index is 373. The summed E-state index contributed by atoms with van der Waals surface area (Å²) in [6.45, 7) is 11.0. The van der Waals surface area contributed by atoms with E-state index in [4.69, 9.17) is 9.84 Å². The van der Waals surface area contributed by atoms with Crippen molar-refractivity contribution in [1.29, 1.82) is 0 Å². The van der Waals surface area contributed by atoms with Gasteiger partial charge in [0.25, 0.3) is 0 Å². The predicted octanol–water partition coefficient (Wildman–Crippen LogP) is 2.39. The van der Waals surface area contributed by atoms with E-state index in [0.717, 1.165) is 25.7 Å². The first kappa shape index (κ1) is 19.4. The topological polar surface area (TPSA) is 72.8 Å². The van der Waals surface area contributed by atoms with Crippen LogP contribution < -0.4 is 0 Å². The normalized spacial score (nSPS) is 11.6. The Morgan fingerprint density at radius 1 is 1.10 bits per heavy atom. The van der Waals surface area contributed by atoms with Gasteiger partial charge >= 0.3 is 11.9 Å². The highest BCUT2D eigenvalue weighted by Crippen LogP contribution is 2.15. The van der Waals surface area contributed by atoms with Crippen molar-refractivity contribution >= 4 is 11.9 Å². The van der Waals surface area contributed by atoms with Gasteiger partial charge in [-0.1, -0.05) is 46.3 Å². The summed E-state index contributed by atoms with van der Waals surface area (Å²) >= 11 is 0. The Balaban J connectivity index is 4.28. The van der Waals surface area contributed by atoms with Gasteiger partial charge in [-0.05, 0) is 12.3 Å². The van der Waals surface area contributed by atoms with Crippen LogP contribution in [0.3, 0.4) is 0 Å². The summed E-state index contributed by atoms with van der Waals surface area (Å²) in [4.78, 5) is 23.3. The van der Waals surface area contributed by atoms with E-state index in [1.165, 1.54) is 0 Å². The summed E-state index contributed by atoms with van der Waals surface area (Å²) in [5.41, 5.74) is -0.252. The lowest BCUT2D eigenvalue weighted by Gasteiger charge is -2.15. The maximum Gasteiger partial charge on any atom is 0.338 e. The number of ether oxygens (including phenoxy) is 2. The van der Waals surface area contributed by atoms with Crippen molar-refractivity contribution in [3.63, 3.8) is 0 Å². The Hall–Kier alpha value is -1.62. The molecule has 0 fully saturated rings. The number of rotatable bonds is 11. The molecule has 1 N–H and O–H groups in total. The van der Waals surface area contributed by atoms with Gasteiger partial charge < -0.3 is 14.6 Å². The molecule has 1 unspecified atom stereocenters. The van der Waals surface area contributed by atoms with Crippen LogP contribution in [0, 0.1) is 5.92 Å². The van der Waals surface area contributed by atoms with Gasteiger partial charge in [0.05, 0.1) is 24.4 Å². The van der Waals surface area contributed by atoms with E-state index in [-0.39, 0.29) is 24.4 Å². The molecule has 1 atom stereocenters. The van der Waals surface area contributed by atoms with Crippen LogP contribution in [0.5, 0.6) is 0 Å². The number of hydrogen-bond acceptors (Lipinski definition) is 5. The van der Waals surface area contributed by atoms with Crippen LogP contribution >= 0.6 is 0 Å². The van der Waals surface area contributed by atoms with Crippen LogP contribution in [0.25, 0.3) is 0 Å². The number of hydrogen-bond donors (Lipinski definition) is 1. The molecule has 0 aromatic rings. The molecule has 0 aliphatic carbocycles. The van der Waals surface area contributed by atoms with Crippen LogP contribution in [0.15, 0.2) is 24.3 Å². The monoisotopic (exact) mass is 298 g/mol. The molecular weight excluding hydrogens is 272 g/mol. The van der Waals surface area contributed by atoms with Crippen molar-refractivity contribution in [3.8, 4) is 0 Å². The van der Waals surface area contributed by atoms with Gasteiger partial charge in [0.1, 0.15) is 6.61 Å². The van der Waals surface area contributed by atoms with Gasteiger partial charge in [-0.15, -0.1) is 0 Å². The summed E-state index contributed by atoms with van der Waals surface area (Å²) in [5.74, 6) is -1.11. The minimum atomic E-state index is -0.774. The first-order chi connectivity index (χ1) is 9.97. The fraction of sp³-hybridized carbons (Fsp3) is 0.625. The molecular formula is C16H26O5. The molecule has 0 aliphatic rings. The largest absolute Gasteiger partial charge is 0.462 e. The third-order valence-electron chi connectivity index (χ3n) is 3.17. The highest BCUT2D eigenvalue weighted by atomic mass is 16.5. The molecule has 0 rings (SSSR count). The number of unbranched alkanes of at least 4 members (excludes halogenated alkanes) is 1. The highest BCUT2D eigenvalue weighted by Gasteiger charge is 2.20. The highest BCUT2D eigenvalue weighted by molar-refractivity contribution is 6.06. The first-order valence-electron chi connectivity index (χ1n) is 7.31. The van der Waals surface area contributed by atoms with E-state index in [2.05, 4.69) is 24.8 Å². The minimum absolute atomic E-state index is 0.108. The van der Waals surface area contributed by atoms with Gasteiger partial charge in [0.15, 0.2) is 0 Å². The van der Waals surface area contributed by atoms with E-state index < -0.39 is 11.9 Å². The van der Waals surface area contributed by atoms with Crippen LogP contribution in [-0.4, -0.2) is 36.9 Å². The Morgan fingerprint density at radius 2 is 1.67 bits per heavy atom. The molecule has 5 nitrogen and oxygen atoms in total. The van der Waals surface area contributed by atoms with Crippen molar-refractivity contribution in [2.24, 2.45) is 5.92 Å². The second-order valence-electron chi connectivity index (χ2n) is 4.83. The zero-order valence-corrected chi connectivity index (χ0v) is 13.0. The second-order valence-corrected chi connectivity index (χ2v) is 4.83. The predicted molar refractivity (Wildman–Crippen MR) is 80.6 cm³/mol. The van der Waals surface area contributed by atoms with Crippen LogP contribution in [-0.2, 0) is 19.1 Å². The third kappa shape index (κ3) is 7.66. The molecule has 0 saturated carbocycles. The van der Waals surface area contributed by atoms with E-state index in [0.29, 0.717) is 12.5 Å². The maximum absolute atomic E-state index is 11.8. The first-order valence-corrected chi connectivity index (χ1v) is 7.31. The average Bonchev–Trinajstić information content (AvgIpc) is 2.50. The van der Waals surface area contributed by atoms with Crippen molar-refractivity contribution in [2.45, 2.75) is 39.5 Å². The quantitative estimate of drug-likeness (QED) is 0.360. The molecule has 120 valence electrons. The maximum atomic E-state index is 11.8. The molecule has 0 radical (unpaired) electrons. The summed E-state index contributed by atoms with van der Waals surface area (Å²) in [7, 11) is 0. The van der Waals surface area contributed by atoms with E-state index in [1.807, 2.05) is 6.92 Å². The van der Waals surface area contributed by atoms with Gasteiger partial charge in [0.2, 0.25) is 0 Å². The molecule has 0 saturated heterocycles. The molecule has 5 heteroatoms. The standard InChI is InChI=1S/C16H26O5/c1-5-7-8-14(6-2)11-21-16(19)13(4)12(3)15(18)20-10-9-17/h14,17H,3-11H2,1-2H3. The minimum Gasteiger partial charge on any atom is -0.462 e. The van der Waals surface area contributed by atoms with Crippen molar-refractivity contribution < 1.29 is 24.2 Å². The molecule has 0 heterocycles. The molecule has 0 aliphatic heterocycles. The molecule has 0 spiro atoms. The smallest absolute Gasteiger partial charge is 0.338 e. The van der Waals surface area contributed by atoms with E-state index in [1.54, 1.807) is 0 Å². The molecule has 0 bridgehead atoms. The average molecular weight is 298 g/mol. The summed E-state index contributed by atoms with van der Waals surface area (Å²) < 4.78 is 9.84. The fourth-order valence-corrected chi connectivity index (χ4v) is 1.65. The lowest BCUT2D eigenvalue weighted by molar-refractivity contribution is -0.143. The van der Waals surface area contributed by atoms with Crippen LogP contribution in [0.1, 0.15) is 39.5 Å². The molecule has 0 aromatic carbocycles. The number of carbonyl (C=O) groups excluding carboxylic acids is 2. The van der Waals surface area contributed by atoms with E-state index in [9.17, 15) is 9.59 Å². The van der Waals surface area contributed by atoms with Crippen LogP contribution in [0.2, 0.25) is 0 Å². The number of esters is 2. The van der Waals surface area contributed by atoms with Gasteiger partial charge in [-0.25, -0.2) is 9.59 Å². The van der Waals surface area contributed by atoms with Crippen molar-refractivity contribution in [3.05, 3.63) is 24.3 Å². The zero-order chi connectivity index (χ0) is 16.3. The summed E-state index contributed by atoms with van der Waals surface area (Å²) in [5, 5.41) is 8.57. The molecule has 0 aromatic heterocycles. The summed E-state index contributed by atoms with van der Waals surface area (Å²) in [6.07, 6.45) is 4.13. The lowest BCUT2D eigenvalue weighted by Crippen LogP contribution is -2.19. The summed E-state index contributed by atoms with van der Waals surface area (Å²) in [6, 6.07) is 0. The zero-order valence-electron chi connectivity index (χ0n) is 13.0. The molecule has 0 amide bonds. The number of carbonyl (C=O) groups is 2. The molecule has 21 heavy (non-hydrogen) atoms. The van der Waals surface area contributed by atoms with Crippen LogP contribution in [0.4, 0.5) is 0 Å².